The fraction of sp³-hybridized carbons (Fsp3) is 0.185. The molecule has 0 saturated carbocycles. The molecule has 1 aromatic heterocycles. The lowest BCUT2D eigenvalue weighted by molar-refractivity contribution is 0.297. The van der Waals surface area contributed by atoms with Crippen molar-refractivity contribution in [3.63, 3.8) is 0 Å². The molecule has 190 valence electrons. The van der Waals surface area contributed by atoms with Gasteiger partial charge in [0.15, 0.2) is 11.5 Å². The highest BCUT2D eigenvalue weighted by atomic mass is 32.2. The molecule has 1 aliphatic heterocycles. The quantitative estimate of drug-likeness (QED) is 0.293. The topological polar surface area (TPSA) is 114 Å². The highest BCUT2D eigenvalue weighted by molar-refractivity contribution is 7.92. The summed E-state index contributed by atoms with van der Waals surface area (Å²) in [6, 6.07) is 21.3. The van der Waals surface area contributed by atoms with Crippen LogP contribution >= 0.6 is 0 Å². The average Bonchev–Trinajstić information content (AvgIpc) is 3.11. The van der Waals surface area contributed by atoms with Crippen LogP contribution in [0.15, 0.2) is 77.7 Å². The van der Waals surface area contributed by atoms with Crippen LogP contribution in [0.25, 0.3) is 0 Å². The van der Waals surface area contributed by atoms with Crippen LogP contribution in [-0.2, 0) is 10.0 Å². The maximum atomic E-state index is 12.9. The van der Waals surface area contributed by atoms with E-state index in [4.69, 9.17) is 9.47 Å². The van der Waals surface area contributed by atoms with Crippen molar-refractivity contribution in [3.05, 3.63) is 84.1 Å². The largest absolute Gasteiger partial charge is 0.490 e. The summed E-state index contributed by atoms with van der Waals surface area (Å²) in [6.45, 7) is 4.94. The number of ether oxygens (including phenoxy) is 2. The molecule has 0 spiro atoms. The molecule has 0 fully saturated rings. The Morgan fingerprint density at radius 1 is 0.730 bits per heavy atom. The average molecular weight is 518 g/mol. The van der Waals surface area contributed by atoms with Gasteiger partial charge >= 0.3 is 0 Å². The maximum Gasteiger partial charge on any atom is 0.262 e. The number of hydrogen-bond acceptors (Lipinski definition) is 8. The predicted octanol–water partition coefficient (Wildman–Crippen LogP) is 5.54. The molecule has 0 radical (unpaired) electrons. The van der Waals surface area contributed by atoms with Gasteiger partial charge in [-0.2, -0.15) is 4.98 Å². The SMILES string of the molecule is Cc1ccc(Nc2nc(C)cc(Nc3ccc(NS(=O)(=O)c4ccc5c(c4)OCCCO5)cc3)n2)cc1. The zero-order valence-corrected chi connectivity index (χ0v) is 21.3. The Morgan fingerprint density at radius 3 is 2.14 bits per heavy atom. The number of nitrogens with one attached hydrogen (secondary N) is 3. The number of aryl methyl sites for hydroxylation is 2. The lowest BCUT2D eigenvalue weighted by atomic mass is 10.2. The normalized spacial score (nSPS) is 12.9. The molecule has 3 N–H and O–H groups in total. The number of benzene rings is 3. The molecule has 9 nitrogen and oxygen atoms in total. The van der Waals surface area contributed by atoms with Crippen LogP contribution in [0.3, 0.4) is 0 Å². The number of aromatic nitrogens is 2. The van der Waals surface area contributed by atoms with Gasteiger partial charge in [-0.15, -0.1) is 0 Å². The summed E-state index contributed by atoms with van der Waals surface area (Å²) < 4.78 is 39.7. The van der Waals surface area contributed by atoms with Crippen LogP contribution in [-0.4, -0.2) is 31.6 Å². The molecule has 4 aromatic rings. The molecule has 0 unspecified atom stereocenters. The molecule has 0 saturated heterocycles. The van der Waals surface area contributed by atoms with Gasteiger partial charge in [-0.05, 0) is 62.4 Å². The van der Waals surface area contributed by atoms with Crippen molar-refractivity contribution in [2.75, 3.05) is 28.6 Å². The number of sulfonamides is 1. The number of fused-ring (bicyclic) bond motifs is 1. The summed E-state index contributed by atoms with van der Waals surface area (Å²) in [5.74, 6) is 2.06. The minimum absolute atomic E-state index is 0.101. The molecule has 1 aliphatic rings. The van der Waals surface area contributed by atoms with Crippen LogP contribution in [0.5, 0.6) is 11.5 Å². The monoisotopic (exact) mass is 517 g/mol. The first-order valence-corrected chi connectivity index (χ1v) is 13.3. The van der Waals surface area contributed by atoms with Crippen LogP contribution in [0.1, 0.15) is 17.7 Å². The third-order valence-corrected chi connectivity index (χ3v) is 6.98. The number of hydrogen-bond donors (Lipinski definition) is 3. The Morgan fingerprint density at radius 2 is 1.38 bits per heavy atom. The molecule has 0 atom stereocenters. The van der Waals surface area contributed by atoms with E-state index in [2.05, 4.69) is 25.3 Å². The Kier molecular flexibility index (Phi) is 6.82. The van der Waals surface area contributed by atoms with E-state index >= 15 is 0 Å². The standard InChI is InChI=1S/C27H27N5O4S/c1-18-4-6-21(7-5-18)30-27-28-19(2)16-26(31-27)29-20-8-10-22(11-9-20)32-37(33,34)23-12-13-24-25(17-23)36-15-3-14-35-24/h4-13,16-17,32H,3,14-15H2,1-2H3,(H2,28,29,30,31). The summed E-state index contributed by atoms with van der Waals surface area (Å²) in [5.41, 5.74) is 4.04. The van der Waals surface area contributed by atoms with E-state index in [1.54, 1.807) is 30.3 Å². The lowest BCUT2D eigenvalue weighted by Crippen LogP contribution is -2.13. The summed E-state index contributed by atoms with van der Waals surface area (Å²) in [6.07, 6.45) is 0.745. The van der Waals surface area contributed by atoms with E-state index in [1.165, 1.54) is 17.7 Å². The van der Waals surface area contributed by atoms with Gasteiger partial charge < -0.3 is 20.1 Å². The Labute approximate surface area is 215 Å². The van der Waals surface area contributed by atoms with E-state index in [1.807, 2.05) is 44.2 Å². The van der Waals surface area contributed by atoms with Crippen LogP contribution in [0, 0.1) is 13.8 Å². The first-order valence-electron chi connectivity index (χ1n) is 11.8. The zero-order valence-electron chi connectivity index (χ0n) is 20.5. The zero-order chi connectivity index (χ0) is 25.8. The van der Waals surface area contributed by atoms with Gasteiger partial charge in [0, 0.05) is 41.3 Å². The van der Waals surface area contributed by atoms with Crippen molar-refractivity contribution in [2.45, 2.75) is 25.2 Å². The molecule has 5 rings (SSSR count). The van der Waals surface area contributed by atoms with Crippen LogP contribution < -0.4 is 24.8 Å². The molecule has 3 aromatic carbocycles. The van der Waals surface area contributed by atoms with Crippen molar-refractivity contribution in [1.29, 1.82) is 0 Å². The van der Waals surface area contributed by atoms with Crippen molar-refractivity contribution < 1.29 is 17.9 Å². The van der Waals surface area contributed by atoms with E-state index in [-0.39, 0.29) is 4.90 Å². The van der Waals surface area contributed by atoms with Crippen LogP contribution in [0.2, 0.25) is 0 Å². The third kappa shape index (κ3) is 6.10. The summed E-state index contributed by atoms with van der Waals surface area (Å²) in [5, 5.41) is 6.46. The fourth-order valence-corrected chi connectivity index (χ4v) is 4.82. The molecule has 37 heavy (non-hydrogen) atoms. The van der Waals surface area contributed by atoms with Crippen molar-refractivity contribution >= 4 is 38.9 Å². The van der Waals surface area contributed by atoms with Gasteiger partial charge in [-0.3, -0.25) is 4.72 Å². The number of rotatable bonds is 7. The third-order valence-electron chi connectivity index (χ3n) is 5.60. The first kappa shape index (κ1) is 24.4. The smallest absolute Gasteiger partial charge is 0.262 e. The fourth-order valence-electron chi connectivity index (χ4n) is 3.75. The van der Waals surface area contributed by atoms with Gasteiger partial charge in [-0.25, -0.2) is 13.4 Å². The van der Waals surface area contributed by atoms with Crippen LogP contribution in [0.4, 0.5) is 28.8 Å². The second-order valence-corrected chi connectivity index (χ2v) is 10.4. The van der Waals surface area contributed by atoms with Gasteiger partial charge in [0.25, 0.3) is 10.0 Å². The van der Waals surface area contributed by atoms with Gasteiger partial charge in [-0.1, -0.05) is 17.7 Å². The van der Waals surface area contributed by atoms with Gasteiger partial charge in [0.1, 0.15) is 5.82 Å². The van der Waals surface area contributed by atoms with E-state index in [9.17, 15) is 8.42 Å². The Bertz CT molecular complexity index is 1510. The van der Waals surface area contributed by atoms with E-state index < -0.39 is 10.0 Å². The molecular formula is C27H27N5O4S. The Hall–Kier alpha value is -4.31. The molecule has 0 amide bonds. The highest BCUT2D eigenvalue weighted by Crippen LogP contribution is 2.32. The highest BCUT2D eigenvalue weighted by Gasteiger charge is 2.19. The predicted molar refractivity (Wildman–Crippen MR) is 144 cm³/mol. The number of nitrogens with zero attached hydrogens (tertiary/aromatic N) is 2. The maximum absolute atomic E-state index is 12.9. The minimum Gasteiger partial charge on any atom is -0.490 e. The van der Waals surface area contributed by atoms with Crippen molar-refractivity contribution in [3.8, 4) is 11.5 Å². The second-order valence-electron chi connectivity index (χ2n) is 8.68. The molecule has 2 heterocycles. The molecule has 10 heteroatoms. The first-order chi connectivity index (χ1) is 17.8. The molecule has 0 bridgehead atoms. The Balaban J connectivity index is 1.27. The minimum atomic E-state index is -3.81. The number of anilines is 5. The summed E-state index contributed by atoms with van der Waals surface area (Å²) in [4.78, 5) is 9.10. The second kappa shape index (κ2) is 10.4. The summed E-state index contributed by atoms with van der Waals surface area (Å²) >= 11 is 0. The lowest BCUT2D eigenvalue weighted by Gasteiger charge is -2.13. The summed E-state index contributed by atoms with van der Waals surface area (Å²) in [7, 11) is -3.81. The van der Waals surface area contributed by atoms with Gasteiger partial charge in [0.05, 0.1) is 18.1 Å². The molecular weight excluding hydrogens is 490 g/mol. The van der Waals surface area contributed by atoms with E-state index in [0.29, 0.717) is 42.2 Å². The van der Waals surface area contributed by atoms with Crippen molar-refractivity contribution in [2.24, 2.45) is 0 Å². The van der Waals surface area contributed by atoms with Gasteiger partial charge in [0.2, 0.25) is 5.95 Å². The van der Waals surface area contributed by atoms with E-state index in [0.717, 1.165) is 23.5 Å². The molecule has 0 aliphatic carbocycles. The van der Waals surface area contributed by atoms with Crippen molar-refractivity contribution in [1.82, 2.24) is 9.97 Å².